The monoisotopic (exact) mass is 319 g/mol. The first-order chi connectivity index (χ1) is 11.0. The van der Waals surface area contributed by atoms with Crippen LogP contribution in [-0.4, -0.2) is 29.1 Å². The minimum absolute atomic E-state index is 0.214. The lowest BCUT2D eigenvalue weighted by Crippen LogP contribution is -2.25. The van der Waals surface area contributed by atoms with E-state index in [1.54, 1.807) is 18.2 Å². The van der Waals surface area contributed by atoms with Gasteiger partial charge in [0, 0.05) is 5.56 Å². The normalized spacial score (nSPS) is 10.7. The van der Waals surface area contributed by atoms with Crippen molar-refractivity contribution >= 4 is 17.8 Å². The van der Waals surface area contributed by atoms with Crippen LogP contribution in [-0.2, 0) is 0 Å². The van der Waals surface area contributed by atoms with Crippen molar-refractivity contribution in [2.75, 3.05) is 14.2 Å². The maximum Gasteiger partial charge on any atom is 0.357 e. The third kappa shape index (κ3) is 3.28. The summed E-state index contributed by atoms with van der Waals surface area (Å²) >= 11 is 0. The molecule has 0 atom stereocenters. The summed E-state index contributed by atoms with van der Waals surface area (Å²) < 4.78 is 10.4. The molecule has 0 saturated carbocycles. The summed E-state index contributed by atoms with van der Waals surface area (Å²) in [5.74, 6) is 0.893. The summed E-state index contributed by atoms with van der Waals surface area (Å²) in [6.07, 6.45) is 2.73. The molecule has 9 heteroatoms. The van der Waals surface area contributed by atoms with E-state index in [0.29, 0.717) is 17.1 Å². The van der Waals surface area contributed by atoms with Gasteiger partial charge in [-0.3, -0.25) is 19.9 Å². The molecule has 2 aromatic rings. The number of ether oxygens (including phenoxy) is 2. The summed E-state index contributed by atoms with van der Waals surface area (Å²) in [5, 5.41) is 11.0. The maximum absolute atomic E-state index is 11.5. The SMILES string of the molecule is COc1cccc(/C=C/c2[nH]c(=O)[nH]c(=O)c2[N+](=O)[O-])c1OC. The second kappa shape index (κ2) is 6.60. The molecular weight excluding hydrogens is 306 g/mol. The third-order valence-corrected chi connectivity index (χ3v) is 2.99. The smallest absolute Gasteiger partial charge is 0.357 e. The van der Waals surface area contributed by atoms with Gasteiger partial charge in [-0.1, -0.05) is 12.1 Å². The van der Waals surface area contributed by atoms with E-state index in [0.717, 1.165) is 0 Å². The van der Waals surface area contributed by atoms with E-state index in [2.05, 4.69) is 4.98 Å². The van der Waals surface area contributed by atoms with Crippen LogP contribution in [0.2, 0.25) is 0 Å². The number of nitrogens with zero attached hydrogens (tertiary/aromatic N) is 1. The van der Waals surface area contributed by atoms with Crippen molar-refractivity contribution in [2.24, 2.45) is 0 Å². The van der Waals surface area contributed by atoms with Gasteiger partial charge < -0.3 is 14.5 Å². The van der Waals surface area contributed by atoms with E-state index in [1.807, 2.05) is 4.98 Å². The molecule has 0 bridgehead atoms. The van der Waals surface area contributed by atoms with Crippen LogP contribution in [0, 0.1) is 10.1 Å². The van der Waals surface area contributed by atoms with Crippen molar-refractivity contribution in [3.63, 3.8) is 0 Å². The fourth-order valence-corrected chi connectivity index (χ4v) is 2.02. The summed E-state index contributed by atoms with van der Waals surface area (Å²) in [6, 6.07) is 5.08. The molecule has 9 nitrogen and oxygen atoms in total. The van der Waals surface area contributed by atoms with Gasteiger partial charge in [0.2, 0.25) is 0 Å². The van der Waals surface area contributed by atoms with Gasteiger partial charge in [-0.05, 0) is 18.2 Å². The lowest BCUT2D eigenvalue weighted by atomic mass is 10.1. The van der Waals surface area contributed by atoms with Crippen LogP contribution in [0.25, 0.3) is 12.2 Å². The minimum Gasteiger partial charge on any atom is -0.493 e. The Balaban J connectivity index is 2.56. The number of nitrogens with one attached hydrogen (secondary N) is 2. The highest BCUT2D eigenvalue weighted by molar-refractivity contribution is 5.75. The molecule has 23 heavy (non-hydrogen) atoms. The quantitative estimate of drug-likeness (QED) is 0.629. The second-order valence-corrected chi connectivity index (χ2v) is 4.34. The topological polar surface area (TPSA) is 127 Å². The standard InChI is InChI=1S/C14H13N3O6/c1-22-10-5-3-4-8(12(10)23-2)6-7-9-11(17(20)21)13(18)16-14(19)15-9/h3-7H,1-2H3,(H2,15,16,18,19)/b7-6+. The Labute approximate surface area is 129 Å². The first-order valence-electron chi connectivity index (χ1n) is 6.38. The minimum atomic E-state index is -1.07. The molecule has 2 N–H and O–H groups in total. The highest BCUT2D eigenvalue weighted by Gasteiger charge is 2.19. The van der Waals surface area contributed by atoms with Gasteiger partial charge in [0.15, 0.2) is 11.5 Å². The summed E-state index contributed by atoms with van der Waals surface area (Å²) in [4.78, 5) is 37.0. The van der Waals surface area contributed by atoms with Gasteiger partial charge >= 0.3 is 16.9 Å². The van der Waals surface area contributed by atoms with Crippen LogP contribution in [0.15, 0.2) is 27.8 Å². The first-order valence-corrected chi connectivity index (χ1v) is 6.38. The third-order valence-electron chi connectivity index (χ3n) is 2.99. The molecular formula is C14H13N3O6. The molecule has 0 amide bonds. The molecule has 0 fully saturated rings. The molecule has 1 aromatic carbocycles. The van der Waals surface area contributed by atoms with E-state index in [-0.39, 0.29) is 5.69 Å². The predicted octanol–water partition coefficient (Wildman–Crippen LogP) is 1.16. The Bertz CT molecular complexity index is 881. The Morgan fingerprint density at radius 3 is 2.48 bits per heavy atom. The van der Waals surface area contributed by atoms with Crippen LogP contribution >= 0.6 is 0 Å². The Kier molecular flexibility index (Phi) is 4.60. The van der Waals surface area contributed by atoms with E-state index in [4.69, 9.17) is 9.47 Å². The number of benzene rings is 1. The van der Waals surface area contributed by atoms with Crippen LogP contribution < -0.4 is 20.7 Å². The van der Waals surface area contributed by atoms with E-state index < -0.39 is 21.9 Å². The summed E-state index contributed by atoms with van der Waals surface area (Å²) in [7, 11) is 2.93. The van der Waals surface area contributed by atoms with Gasteiger partial charge in [-0.25, -0.2) is 4.79 Å². The van der Waals surface area contributed by atoms with Crippen molar-refractivity contribution in [3.8, 4) is 11.5 Å². The van der Waals surface area contributed by atoms with Crippen LogP contribution in [0.1, 0.15) is 11.3 Å². The second-order valence-electron chi connectivity index (χ2n) is 4.34. The molecule has 0 saturated heterocycles. The Hall–Kier alpha value is -3.36. The largest absolute Gasteiger partial charge is 0.493 e. The molecule has 0 aliphatic carbocycles. The average Bonchev–Trinajstić information content (AvgIpc) is 2.51. The van der Waals surface area contributed by atoms with Gasteiger partial charge in [-0.15, -0.1) is 0 Å². The van der Waals surface area contributed by atoms with Gasteiger partial charge in [0.25, 0.3) is 0 Å². The van der Waals surface area contributed by atoms with Gasteiger partial charge in [0.05, 0.1) is 19.1 Å². The highest BCUT2D eigenvalue weighted by atomic mass is 16.6. The number of hydrogen-bond acceptors (Lipinski definition) is 6. The Morgan fingerprint density at radius 2 is 1.87 bits per heavy atom. The van der Waals surface area contributed by atoms with Crippen LogP contribution in [0.4, 0.5) is 5.69 Å². The molecule has 2 rings (SSSR count). The molecule has 0 unspecified atom stereocenters. The van der Waals surface area contributed by atoms with Crippen molar-refractivity contribution < 1.29 is 14.4 Å². The molecule has 1 aromatic heterocycles. The number of aromatic amines is 2. The number of para-hydroxylation sites is 1. The number of aromatic nitrogens is 2. The van der Waals surface area contributed by atoms with Crippen molar-refractivity contribution in [1.82, 2.24) is 9.97 Å². The van der Waals surface area contributed by atoms with E-state index >= 15 is 0 Å². The van der Waals surface area contributed by atoms with Crippen LogP contribution in [0.5, 0.6) is 11.5 Å². The Morgan fingerprint density at radius 1 is 1.13 bits per heavy atom. The number of hydrogen-bond donors (Lipinski definition) is 2. The fourth-order valence-electron chi connectivity index (χ4n) is 2.02. The molecule has 0 spiro atoms. The van der Waals surface area contributed by atoms with E-state index in [9.17, 15) is 19.7 Å². The molecule has 0 aliphatic heterocycles. The number of rotatable bonds is 5. The van der Waals surface area contributed by atoms with Gasteiger partial charge in [-0.2, -0.15) is 0 Å². The molecule has 120 valence electrons. The summed E-state index contributed by atoms with van der Waals surface area (Å²) in [5.41, 5.74) is -2.31. The highest BCUT2D eigenvalue weighted by Crippen LogP contribution is 2.31. The van der Waals surface area contributed by atoms with Crippen molar-refractivity contribution in [2.45, 2.75) is 0 Å². The number of H-pyrrole nitrogens is 2. The van der Waals surface area contributed by atoms with Crippen molar-refractivity contribution in [3.05, 3.63) is 60.4 Å². The lowest BCUT2D eigenvalue weighted by Gasteiger charge is -2.09. The molecule has 0 radical (unpaired) electrons. The predicted molar refractivity (Wildman–Crippen MR) is 82.8 cm³/mol. The number of methoxy groups -OCH3 is 2. The zero-order valence-electron chi connectivity index (χ0n) is 12.3. The van der Waals surface area contributed by atoms with Crippen molar-refractivity contribution in [1.29, 1.82) is 0 Å². The number of nitro groups is 1. The fraction of sp³-hybridized carbons (Fsp3) is 0.143. The molecule has 1 heterocycles. The zero-order chi connectivity index (χ0) is 17.0. The average molecular weight is 319 g/mol. The van der Waals surface area contributed by atoms with Gasteiger partial charge in [0.1, 0.15) is 5.69 Å². The van der Waals surface area contributed by atoms with E-state index in [1.165, 1.54) is 26.4 Å². The molecule has 0 aliphatic rings. The maximum atomic E-state index is 11.5. The first kappa shape index (κ1) is 16.0. The summed E-state index contributed by atoms with van der Waals surface area (Å²) in [6.45, 7) is 0. The lowest BCUT2D eigenvalue weighted by molar-refractivity contribution is -0.386. The van der Waals surface area contributed by atoms with Crippen LogP contribution in [0.3, 0.4) is 0 Å². The zero-order valence-corrected chi connectivity index (χ0v) is 12.3.